The number of benzene rings is 1. The van der Waals surface area contributed by atoms with Gasteiger partial charge in [0.1, 0.15) is 17.1 Å². The number of nitrogen functional groups attached to an aromatic ring is 1. The normalized spacial score (nSPS) is 20.4. The van der Waals surface area contributed by atoms with Crippen molar-refractivity contribution in [3.8, 4) is 23.1 Å². The molecular weight excluding hydrogens is 492 g/mol. The molecule has 0 atom stereocenters. The van der Waals surface area contributed by atoms with Gasteiger partial charge in [0.2, 0.25) is 0 Å². The quantitative estimate of drug-likeness (QED) is 0.482. The molecule has 1 aliphatic heterocycles. The number of carbonyl (C=O) groups excluding carboxylic acids is 2. The molecule has 1 spiro atoms. The van der Waals surface area contributed by atoms with Crippen molar-refractivity contribution in [3.05, 3.63) is 52.8 Å². The third-order valence-corrected chi connectivity index (χ3v) is 7.58. The summed E-state index contributed by atoms with van der Waals surface area (Å²) in [4.78, 5) is 26.4. The average molecular weight is 522 g/mol. The molecule has 4 N–H and O–H groups in total. The van der Waals surface area contributed by atoms with Crippen molar-refractivity contribution in [1.29, 1.82) is 0 Å². The fraction of sp³-hybridized carbons (Fsp3) is 0.407. The average Bonchev–Trinajstić information content (AvgIpc) is 3.53. The second-order valence-electron chi connectivity index (χ2n) is 10.2. The number of halogens is 2. The second kappa shape index (κ2) is 9.59. The number of hydrogen-bond donors (Lipinski definition) is 2. The van der Waals surface area contributed by atoms with E-state index in [2.05, 4.69) is 16.9 Å². The number of amides is 2. The lowest BCUT2D eigenvalue weighted by Gasteiger charge is -2.45. The molecule has 1 saturated heterocycles. The van der Waals surface area contributed by atoms with E-state index in [0.717, 1.165) is 19.3 Å². The van der Waals surface area contributed by atoms with Gasteiger partial charge >= 0.3 is 0 Å². The van der Waals surface area contributed by atoms with Crippen LogP contribution in [-0.2, 0) is 11.3 Å². The summed E-state index contributed by atoms with van der Waals surface area (Å²) in [7, 11) is 0. The van der Waals surface area contributed by atoms with Crippen LogP contribution in [0.1, 0.15) is 65.8 Å². The molecule has 9 nitrogen and oxygen atoms in total. The number of primary amides is 1. The van der Waals surface area contributed by atoms with Crippen molar-refractivity contribution < 1.29 is 18.4 Å². The van der Waals surface area contributed by atoms with Crippen molar-refractivity contribution in [2.75, 3.05) is 18.8 Å². The minimum atomic E-state index is -2.56. The van der Waals surface area contributed by atoms with Crippen LogP contribution in [0.2, 0.25) is 0 Å². The topological polar surface area (TPSA) is 125 Å². The zero-order valence-electron chi connectivity index (χ0n) is 21.2. The summed E-state index contributed by atoms with van der Waals surface area (Å²) < 4.78 is 29.5. The van der Waals surface area contributed by atoms with Gasteiger partial charge in [-0.2, -0.15) is 10.2 Å². The predicted octanol–water partition coefficient (Wildman–Crippen LogP) is 3.30. The Labute approximate surface area is 218 Å². The van der Waals surface area contributed by atoms with Crippen LogP contribution >= 0.6 is 0 Å². The Morgan fingerprint density at radius 1 is 1.26 bits per heavy atom. The summed E-state index contributed by atoms with van der Waals surface area (Å²) in [5, 5.41) is 9.23. The number of likely N-dealkylation sites (tertiary alicyclic amines) is 1. The number of hydrogen-bond acceptors (Lipinski definition) is 5. The lowest BCUT2D eigenvalue weighted by molar-refractivity contribution is -0.125. The first-order valence-corrected chi connectivity index (χ1v) is 12.4. The molecule has 5 rings (SSSR count). The van der Waals surface area contributed by atoms with Crippen molar-refractivity contribution in [2.45, 2.75) is 52.1 Å². The Balaban J connectivity index is 1.39. The number of anilines is 1. The molecule has 0 bridgehead atoms. The SMILES string of the molecule is CC#CC(=O)N1CCC2(CC(n3nc(-c4cn(Cc5cccc(C(F)F)c5)nc4C)c(C(N)=O)c3N)C2)C1. The van der Waals surface area contributed by atoms with Crippen LogP contribution in [0, 0.1) is 24.2 Å². The minimum absolute atomic E-state index is 0.00521. The van der Waals surface area contributed by atoms with Crippen LogP contribution in [0.3, 0.4) is 0 Å². The summed E-state index contributed by atoms with van der Waals surface area (Å²) in [5.41, 5.74) is 14.4. The van der Waals surface area contributed by atoms with Gasteiger partial charge in [0, 0.05) is 30.4 Å². The fourth-order valence-electron chi connectivity index (χ4n) is 5.74. The third-order valence-electron chi connectivity index (χ3n) is 7.58. The fourth-order valence-corrected chi connectivity index (χ4v) is 5.74. The van der Waals surface area contributed by atoms with Crippen LogP contribution in [-0.4, -0.2) is 49.4 Å². The molecule has 3 aromatic rings. The maximum atomic E-state index is 13.1. The highest BCUT2D eigenvalue weighted by Gasteiger charge is 2.51. The Morgan fingerprint density at radius 3 is 2.71 bits per heavy atom. The van der Waals surface area contributed by atoms with E-state index in [1.807, 2.05) is 0 Å². The summed E-state index contributed by atoms with van der Waals surface area (Å²) in [5.74, 6) is 4.62. The van der Waals surface area contributed by atoms with Gasteiger partial charge in [-0.3, -0.25) is 14.3 Å². The highest BCUT2D eigenvalue weighted by Crippen LogP contribution is 2.54. The molecule has 1 aromatic carbocycles. The van der Waals surface area contributed by atoms with Crippen LogP contribution in [0.15, 0.2) is 30.5 Å². The van der Waals surface area contributed by atoms with Gasteiger partial charge < -0.3 is 16.4 Å². The highest BCUT2D eigenvalue weighted by atomic mass is 19.3. The van der Waals surface area contributed by atoms with Crippen LogP contribution in [0.25, 0.3) is 11.3 Å². The first-order chi connectivity index (χ1) is 18.1. The molecule has 2 aliphatic rings. The van der Waals surface area contributed by atoms with E-state index in [-0.39, 0.29) is 40.9 Å². The van der Waals surface area contributed by atoms with Crippen LogP contribution in [0.4, 0.5) is 14.6 Å². The van der Waals surface area contributed by atoms with Crippen molar-refractivity contribution in [3.63, 3.8) is 0 Å². The standard InChI is InChI=1S/C27H29F2N7O2/c1-3-5-21(37)34-9-8-27(15-34)11-19(12-27)36-25(30)22(26(31)38)23(33-36)20-14-35(32-16(20)2)13-17-6-4-7-18(10-17)24(28)29/h4,6-7,10,14,19,24H,8-9,11-13,15,30H2,1-2H3,(H2,31,38). The largest absolute Gasteiger partial charge is 0.383 e. The summed E-state index contributed by atoms with van der Waals surface area (Å²) in [6, 6.07) is 6.14. The van der Waals surface area contributed by atoms with E-state index in [1.165, 1.54) is 12.1 Å². The van der Waals surface area contributed by atoms with Crippen molar-refractivity contribution in [1.82, 2.24) is 24.5 Å². The van der Waals surface area contributed by atoms with Crippen molar-refractivity contribution >= 4 is 17.6 Å². The molecule has 1 saturated carbocycles. The first-order valence-electron chi connectivity index (χ1n) is 12.4. The smallest absolute Gasteiger partial charge is 0.298 e. The number of aryl methyl sites for hydroxylation is 1. The Hall–Kier alpha value is -4.20. The number of nitrogens with two attached hydrogens (primary N) is 2. The lowest BCUT2D eigenvalue weighted by Crippen LogP contribution is -2.42. The summed E-state index contributed by atoms with van der Waals surface area (Å²) in [6.45, 7) is 5.01. The zero-order chi connectivity index (χ0) is 27.2. The van der Waals surface area contributed by atoms with E-state index >= 15 is 0 Å². The molecule has 0 radical (unpaired) electrons. The third kappa shape index (κ3) is 4.51. The predicted molar refractivity (Wildman–Crippen MR) is 137 cm³/mol. The van der Waals surface area contributed by atoms with Gasteiger partial charge in [-0.15, -0.1) is 0 Å². The van der Waals surface area contributed by atoms with Crippen molar-refractivity contribution in [2.24, 2.45) is 11.1 Å². The number of rotatable bonds is 6. The monoisotopic (exact) mass is 521 g/mol. The minimum Gasteiger partial charge on any atom is -0.383 e. The summed E-state index contributed by atoms with van der Waals surface area (Å²) in [6.07, 6.45) is 1.60. The van der Waals surface area contributed by atoms with E-state index in [0.29, 0.717) is 35.6 Å². The van der Waals surface area contributed by atoms with E-state index in [1.54, 1.807) is 46.4 Å². The molecule has 11 heteroatoms. The van der Waals surface area contributed by atoms with Crippen LogP contribution in [0.5, 0.6) is 0 Å². The van der Waals surface area contributed by atoms with Crippen LogP contribution < -0.4 is 11.5 Å². The van der Waals surface area contributed by atoms with Gasteiger partial charge in [-0.25, -0.2) is 13.5 Å². The molecule has 3 heterocycles. The maximum absolute atomic E-state index is 13.1. The van der Waals surface area contributed by atoms with E-state index < -0.39 is 12.3 Å². The van der Waals surface area contributed by atoms with Gasteiger partial charge in [0.25, 0.3) is 18.2 Å². The number of nitrogens with zero attached hydrogens (tertiary/aromatic N) is 5. The molecule has 2 amide bonds. The van der Waals surface area contributed by atoms with E-state index in [9.17, 15) is 18.4 Å². The Kier molecular flexibility index (Phi) is 6.42. The maximum Gasteiger partial charge on any atom is 0.298 e. The zero-order valence-corrected chi connectivity index (χ0v) is 21.2. The second-order valence-corrected chi connectivity index (χ2v) is 10.2. The highest BCUT2D eigenvalue weighted by molar-refractivity contribution is 6.03. The van der Waals surface area contributed by atoms with E-state index in [4.69, 9.17) is 16.6 Å². The molecule has 0 unspecified atom stereocenters. The number of alkyl halides is 2. The number of carbonyl (C=O) groups is 2. The molecular formula is C27H29F2N7O2. The molecule has 1 aliphatic carbocycles. The molecule has 38 heavy (non-hydrogen) atoms. The lowest BCUT2D eigenvalue weighted by atomic mass is 9.65. The Morgan fingerprint density at radius 2 is 2.03 bits per heavy atom. The Bertz CT molecular complexity index is 1470. The molecule has 2 aromatic heterocycles. The first kappa shape index (κ1) is 25.4. The number of aromatic nitrogens is 4. The molecule has 2 fully saturated rings. The van der Waals surface area contributed by atoms with Gasteiger partial charge in [-0.1, -0.05) is 24.1 Å². The van der Waals surface area contributed by atoms with Gasteiger partial charge in [0.05, 0.1) is 18.3 Å². The summed E-state index contributed by atoms with van der Waals surface area (Å²) >= 11 is 0. The van der Waals surface area contributed by atoms with Gasteiger partial charge in [0.15, 0.2) is 0 Å². The molecule has 198 valence electrons. The van der Waals surface area contributed by atoms with Gasteiger partial charge in [-0.05, 0) is 56.1 Å².